The van der Waals surface area contributed by atoms with Gasteiger partial charge in [-0.05, 0) is 67.8 Å². The summed E-state index contributed by atoms with van der Waals surface area (Å²) in [5, 5.41) is 2.85. The summed E-state index contributed by atoms with van der Waals surface area (Å²) in [4.78, 5) is 28.2. The molecular formula is C30H29Cl3F3N3O4S. The van der Waals surface area contributed by atoms with Crippen LogP contribution in [-0.4, -0.2) is 43.8 Å². The number of carbonyl (C=O) groups is 2. The van der Waals surface area contributed by atoms with Crippen LogP contribution in [0, 0.1) is 0 Å². The number of rotatable bonds is 10. The average molecular weight is 691 g/mol. The highest BCUT2D eigenvalue weighted by Gasteiger charge is 2.37. The molecular weight excluding hydrogens is 662 g/mol. The molecule has 236 valence electrons. The summed E-state index contributed by atoms with van der Waals surface area (Å²) in [6, 6.07) is 13.0. The molecule has 2 amide bonds. The van der Waals surface area contributed by atoms with Crippen LogP contribution in [0.2, 0.25) is 15.1 Å². The smallest absolute Gasteiger partial charge is 0.352 e. The standard InChI is InChI=1S/C30H29Cl3F3N3O4S/c1-19(29(41)37-22-7-5-6-8-22)38(17-20-11-12-21(31)15-27(20)33)28(40)18-39(44(42,43)24-9-3-2-4-10-24)23-13-14-26(32)25(16-23)30(34,35)36/h2-4,9-16,19,22H,5-8,17-18H2,1H3,(H,37,41)/t19-/m0/s1. The SMILES string of the molecule is C[C@@H](C(=O)NC1CCCC1)N(Cc1ccc(Cl)cc1Cl)C(=O)CN(c1ccc(Cl)c(C(F)(F)F)c1)S(=O)(=O)c1ccccc1. The van der Waals surface area contributed by atoms with Crippen molar-refractivity contribution < 1.29 is 31.2 Å². The molecule has 1 atom stereocenters. The average Bonchev–Trinajstić information content (AvgIpc) is 3.48. The minimum absolute atomic E-state index is 0.0640. The number of hydrogen-bond donors (Lipinski definition) is 1. The number of halogens is 6. The van der Waals surface area contributed by atoms with E-state index >= 15 is 0 Å². The van der Waals surface area contributed by atoms with Gasteiger partial charge in [-0.3, -0.25) is 13.9 Å². The monoisotopic (exact) mass is 689 g/mol. The van der Waals surface area contributed by atoms with Gasteiger partial charge < -0.3 is 10.2 Å². The van der Waals surface area contributed by atoms with Crippen molar-refractivity contribution in [2.75, 3.05) is 10.8 Å². The van der Waals surface area contributed by atoms with Gasteiger partial charge in [0.2, 0.25) is 11.8 Å². The van der Waals surface area contributed by atoms with E-state index in [1.807, 2.05) is 0 Å². The van der Waals surface area contributed by atoms with E-state index in [2.05, 4.69) is 5.32 Å². The van der Waals surface area contributed by atoms with Crippen LogP contribution >= 0.6 is 34.8 Å². The quantitative estimate of drug-likeness (QED) is 0.241. The van der Waals surface area contributed by atoms with Gasteiger partial charge in [0.05, 0.1) is 21.2 Å². The third-order valence-electron chi connectivity index (χ3n) is 7.38. The summed E-state index contributed by atoms with van der Waals surface area (Å²) in [5.74, 6) is -1.31. The Morgan fingerprint density at radius 3 is 2.23 bits per heavy atom. The molecule has 1 aliphatic carbocycles. The Morgan fingerprint density at radius 2 is 1.61 bits per heavy atom. The third kappa shape index (κ3) is 7.99. The first-order chi connectivity index (χ1) is 20.7. The Balaban J connectivity index is 1.76. The lowest BCUT2D eigenvalue weighted by Gasteiger charge is -2.33. The topological polar surface area (TPSA) is 86.8 Å². The number of benzene rings is 3. The Hall–Kier alpha value is -2.99. The Bertz CT molecular complexity index is 1620. The first-order valence-corrected chi connectivity index (χ1v) is 16.2. The van der Waals surface area contributed by atoms with Crippen molar-refractivity contribution >= 4 is 62.3 Å². The number of carbonyl (C=O) groups excluding carboxylic acids is 2. The number of sulfonamides is 1. The van der Waals surface area contributed by atoms with E-state index in [1.54, 1.807) is 18.2 Å². The maximum absolute atomic E-state index is 14.0. The van der Waals surface area contributed by atoms with Gasteiger partial charge in [0, 0.05) is 22.6 Å². The fourth-order valence-electron chi connectivity index (χ4n) is 4.94. The second kappa shape index (κ2) is 14.0. The molecule has 1 aliphatic rings. The van der Waals surface area contributed by atoms with Gasteiger partial charge in [0.15, 0.2) is 0 Å². The molecule has 0 unspecified atom stereocenters. The predicted octanol–water partition coefficient (Wildman–Crippen LogP) is 7.34. The molecule has 0 heterocycles. The number of nitrogens with one attached hydrogen (secondary N) is 1. The van der Waals surface area contributed by atoms with Crippen LogP contribution in [0.25, 0.3) is 0 Å². The minimum atomic E-state index is -4.90. The Morgan fingerprint density at radius 1 is 0.955 bits per heavy atom. The van der Waals surface area contributed by atoms with E-state index in [-0.39, 0.29) is 22.5 Å². The molecule has 44 heavy (non-hydrogen) atoms. The van der Waals surface area contributed by atoms with Crippen LogP contribution in [0.5, 0.6) is 0 Å². The van der Waals surface area contributed by atoms with Crippen molar-refractivity contribution in [3.05, 3.63) is 92.9 Å². The van der Waals surface area contributed by atoms with Gasteiger partial charge in [-0.1, -0.05) is 71.9 Å². The first-order valence-electron chi connectivity index (χ1n) is 13.7. The van der Waals surface area contributed by atoms with Gasteiger partial charge in [-0.25, -0.2) is 8.42 Å². The highest BCUT2D eigenvalue weighted by atomic mass is 35.5. The second-order valence-corrected chi connectivity index (χ2v) is 13.5. The summed E-state index contributed by atoms with van der Waals surface area (Å²) in [6.07, 6.45) is -1.41. The van der Waals surface area contributed by atoms with E-state index in [4.69, 9.17) is 34.8 Å². The second-order valence-electron chi connectivity index (χ2n) is 10.4. The fraction of sp³-hybridized carbons (Fsp3) is 0.333. The number of alkyl halides is 3. The molecule has 0 aromatic heterocycles. The van der Waals surface area contributed by atoms with Crippen molar-refractivity contribution in [3.63, 3.8) is 0 Å². The van der Waals surface area contributed by atoms with E-state index < -0.39 is 56.9 Å². The molecule has 1 N–H and O–H groups in total. The molecule has 3 aromatic rings. The van der Waals surface area contributed by atoms with E-state index in [0.717, 1.165) is 42.7 Å². The molecule has 1 saturated carbocycles. The molecule has 0 bridgehead atoms. The largest absolute Gasteiger partial charge is 0.417 e. The predicted molar refractivity (Wildman–Crippen MR) is 164 cm³/mol. The molecule has 0 radical (unpaired) electrons. The normalized spacial score (nSPS) is 14.7. The van der Waals surface area contributed by atoms with Crippen LogP contribution < -0.4 is 9.62 Å². The number of hydrogen-bond acceptors (Lipinski definition) is 4. The van der Waals surface area contributed by atoms with Gasteiger partial charge in [-0.2, -0.15) is 13.2 Å². The zero-order chi connectivity index (χ0) is 32.2. The van der Waals surface area contributed by atoms with Gasteiger partial charge in [0.1, 0.15) is 12.6 Å². The van der Waals surface area contributed by atoms with Crippen molar-refractivity contribution in [2.24, 2.45) is 0 Å². The maximum Gasteiger partial charge on any atom is 0.417 e. The zero-order valence-corrected chi connectivity index (χ0v) is 26.5. The summed E-state index contributed by atoms with van der Waals surface area (Å²) >= 11 is 18.2. The lowest BCUT2D eigenvalue weighted by atomic mass is 10.1. The fourth-order valence-corrected chi connectivity index (χ4v) is 7.06. The van der Waals surface area contributed by atoms with E-state index in [1.165, 1.54) is 37.3 Å². The summed E-state index contributed by atoms with van der Waals surface area (Å²) < 4.78 is 69.6. The van der Waals surface area contributed by atoms with Gasteiger partial charge in [0.25, 0.3) is 10.0 Å². The molecule has 0 aliphatic heterocycles. The van der Waals surface area contributed by atoms with Crippen LogP contribution in [0.1, 0.15) is 43.7 Å². The third-order valence-corrected chi connectivity index (χ3v) is 10.1. The molecule has 14 heteroatoms. The number of anilines is 1. The Kier molecular flexibility index (Phi) is 10.8. The van der Waals surface area contributed by atoms with Crippen molar-refractivity contribution in [2.45, 2.75) is 62.3 Å². The highest BCUT2D eigenvalue weighted by molar-refractivity contribution is 7.92. The summed E-state index contributed by atoms with van der Waals surface area (Å²) in [7, 11) is -4.58. The first kappa shape index (κ1) is 33.9. The molecule has 0 saturated heterocycles. The lowest BCUT2D eigenvalue weighted by Crippen LogP contribution is -2.52. The zero-order valence-electron chi connectivity index (χ0n) is 23.5. The van der Waals surface area contributed by atoms with Crippen LogP contribution in [0.4, 0.5) is 18.9 Å². The van der Waals surface area contributed by atoms with Crippen LogP contribution in [0.15, 0.2) is 71.6 Å². The lowest BCUT2D eigenvalue weighted by molar-refractivity contribution is -0.139. The van der Waals surface area contributed by atoms with Crippen LogP contribution in [0.3, 0.4) is 0 Å². The number of nitrogens with zero attached hydrogens (tertiary/aromatic N) is 2. The molecule has 3 aromatic carbocycles. The van der Waals surface area contributed by atoms with E-state index in [9.17, 15) is 31.2 Å². The minimum Gasteiger partial charge on any atom is -0.352 e. The summed E-state index contributed by atoms with van der Waals surface area (Å²) in [5.41, 5.74) is -1.29. The highest BCUT2D eigenvalue weighted by Crippen LogP contribution is 2.38. The van der Waals surface area contributed by atoms with Crippen molar-refractivity contribution in [3.8, 4) is 0 Å². The van der Waals surface area contributed by atoms with Gasteiger partial charge in [-0.15, -0.1) is 0 Å². The molecule has 1 fully saturated rings. The van der Waals surface area contributed by atoms with Crippen LogP contribution in [-0.2, 0) is 32.3 Å². The van der Waals surface area contributed by atoms with E-state index in [0.29, 0.717) is 21.0 Å². The molecule has 4 rings (SSSR count). The summed E-state index contributed by atoms with van der Waals surface area (Å²) in [6.45, 7) is 0.357. The Labute approximate surface area is 268 Å². The maximum atomic E-state index is 14.0. The number of amides is 2. The molecule has 0 spiro atoms. The van der Waals surface area contributed by atoms with Crippen molar-refractivity contribution in [1.29, 1.82) is 0 Å². The van der Waals surface area contributed by atoms with Crippen molar-refractivity contribution in [1.82, 2.24) is 10.2 Å². The molecule has 7 nitrogen and oxygen atoms in total. The van der Waals surface area contributed by atoms with Gasteiger partial charge >= 0.3 is 6.18 Å².